The van der Waals surface area contributed by atoms with Crippen LogP contribution in [0.3, 0.4) is 0 Å². The van der Waals surface area contributed by atoms with E-state index in [4.69, 9.17) is 21.2 Å². The van der Waals surface area contributed by atoms with Crippen LogP contribution in [0.25, 0.3) is 0 Å². The van der Waals surface area contributed by atoms with Gasteiger partial charge in [0.25, 0.3) is 0 Å². The van der Waals surface area contributed by atoms with E-state index in [0.29, 0.717) is 0 Å². The van der Waals surface area contributed by atoms with E-state index >= 15 is 0 Å². The van der Waals surface area contributed by atoms with E-state index in [9.17, 15) is 0 Å². The van der Waals surface area contributed by atoms with Gasteiger partial charge in [-0.1, -0.05) is 94.4 Å². The Morgan fingerprint density at radius 2 is 0.667 bits per heavy atom. The Labute approximate surface area is 250 Å². The standard InChI is InChI=1S/C29H70O5Si5/c1-27(2,3)35(12,13)32-39(33-36(14,15)28(4,5)6,34-37(16,17)29(7,8)9)26-24-22-20-19-21-23-25-38(18,30-10)31-11/h19-26H2,1-18H3. The maximum atomic E-state index is 7.44. The molecule has 0 aromatic heterocycles. The van der Waals surface area contributed by atoms with Gasteiger partial charge in [-0.15, -0.1) is 0 Å². The zero-order valence-corrected chi connectivity index (χ0v) is 34.7. The van der Waals surface area contributed by atoms with Crippen molar-refractivity contribution in [2.75, 3.05) is 14.2 Å². The lowest BCUT2D eigenvalue weighted by Gasteiger charge is -2.52. The van der Waals surface area contributed by atoms with E-state index in [1.54, 1.807) is 14.2 Å². The van der Waals surface area contributed by atoms with Gasteiger partial charge in [0, 0.05) is 20.3 Å². The second-order valence-corrected chi connectivity index (χ2v) is 37.9. The van der Waals surface area contributed by atoms with E-state index in [0.717, 1.165) is 18.5 Å². The molecule has 5 nitrogen and oxygen atoms in total. The highest BCUT2D eigenvalue weighted by Gasteiger charge is 2.57. The number of hydrogen-bond acceptors (Lipinski definition) is 5. The summed E-state index contributed by atoms with van der Waals surface area (Å²) in [6.45, 7) is 37.4. The molecule has 0 saturated carbocycles. The fourth-order valence-electron chi connectivity index (χ4n) is 3.62. The molecule has 0 radical (unpaired) electrons. The predicted octanol–water partition coefficient (Wildman–Crippen LogP) is 10.7. The Morgan fingerprint density at radius 1 is 0.410 bits per heavy atom. The third-order valence-electron chi connectivity index (χ3n) is 9.88. The average Bonchev–Trinajstić information content (AvgIpc) is 2.72. The molecule has 0 aromatic carbocycles. The highest BCUT2D eigenvalue weighted by atomic mass is 28.5. The summed E-state index contributed by atoms with van der Waals surface area (Å²) in [5.74, 6) is 0. The topological polar surface area (TPSA) is 46.2 Å². The summed E-state index contributed by atoms with van der Waals surface area (Å²) in [5.41, 5.74) is 0. The first-order valence-electron chi connectivity index (χ1n) is 15.4. The van der Waals surface area contributed by atoms with Crippen LogP contribution >= 0.6 is 0 Å². The van der Waals surface area contributed by atoms with Crippen LogP contribution in [-0.4, -0.2) is 56.5 Å². The molecular formula is C29H70O5Si5. The SMILES string of the molecule is CO[Si](C)(CCCCCCCC[Si](O[Si](C)(C)C(C)(C)C)(O[Si](C)(C)C(C)(C)C)O[Si](C)(C)C(C)(C)C)OC. The average molecular weight is 639 g/mol. The highest BCUT2D eigenvalue weighted by Crippen LogP contribution is 2.47. The fraction of sp³-hybridized carbons (Fsp3) is 1.00. The predicted molar refractivity (Wildman–Crippen MR) is 184 cm³/mol. The molecule has 0 aliphatic heterocycles. The summed E-state index contributed by atoms with van der Waals surface area (Å²) in [5, 5.41) is 0.295. The molecule has 0 aliphatic rings. The molecule has 0 spiro atoms. The second-order valence-electron chi connectivity index (χ2n) is 16.4. The first-order chi connectivity index (χ1) is 17.2. The van der Waals surface area contributed by atoms with Gasteiger partial charge in [-0.2, -0.15) is 0 Å². The largest absolute Gasteiger partial charge is 0.469 e. The quantitative estimate of drug-likeness (QED) is 0.117. The van der Waals surface area contributed by atoms with Crippen LogP contribution in [0, 0.1) is 0 Å². The van der Waals surface area contributed by atoms with Crippen LogP contribution in [0.2, 0.25) is 73.0 Å². The zero-order chi connectivity index (χ0) is 31.2. The van der Waals surface area contributed by atoms with Crippen LogP contribution in [0.4, 0.5) is 0 Å². The third kappa shape index (κ3) is 12.6. The summed E-state index contributed by atoms with van der Waals surface area (Å²) >= 11 is 0. The maximum Gasteiger partial charge on any atom is 0.469 e. The maximum absolute atomic E-state index is 7.44. The van der Waals surface area contributed by atoms with Crippen molar-refractivity contribution in [1.29, 1.82) is 0 Å². The third-order valence-corrected chi connectivity index (χ3v) is 34.5. The first-order valence-corrected chi connectivity index (χ1v) is 28.6. The molecule has 0 aromatic rings. The molecule has 0 heterocycles. The van der Waals surface area contributed by atoms with Crippen LogP contribution in [0.1, 0.15) is 101 Å². The van der Waals surface area contributed by atoms with E-state index in [1.807, 2.05) is 0 Å². The van der Waals surface area contributed by atoms with Gasteiger partial charge in [0.1, 0.15) is 0 Å². The molecule has 0 rings (SSSR count). The lowest BCUT2D eigenvalue weighted by atomic mass is 10.1. The molecule has 10 heteroatoms. The number of unbranched alkanes of at least 4 members (excludes halogenated alkanes) is 5. The van der Waals surface area contributed by atoms with Crippen molar-refractivity contribution in [1.82, 2.24) is 0 Å². The van der Waals surface area contributed by atoms with Gasteiger partial charge in [0.15, 0.2) is 25.0 Å². The summed E-state index contributed by atoms with van der Waals surface area (Å²) in [6, 6.07) is 1.99. The van der Waals surface area contributed by atoms with Crippen molar-refractivity contribution in [2.24, 2.45) is 0 Å². The Bertz CT molecular complexity index is 648. The molecule has 0 fully saturated rings. The Kier molecular flexibility index (Phi) is 14.9. The van der Waals surface area contributed by atoms with Crippen LogP contribution in [0.5, 0.6) is 0 Å². The monoisotopic (exact) mass is 638 g/mol. The molecule has 0 N–H and O–H groups in total. The van der Waals surface area contributed by atoms with Crippen molar-refractivity contribution in [3.63, 3.8) is 0 Å². The molecule has 39 heavy (non-hydrogen) atoms. The van der Waals surface area contributed by atoms with Crippen molar-refractivity contribution < 1.29 is 21.2 Å². The minimum absolute atomic E-state index is 0.0983. The summed E-state index contributed by atoms with van der Waals surface area (Å²) < 4.78 is 33.6. The van der Waals surface area contributed by atoms with E-state index in [1.165, 1.54) is 32.1 Å². The smallest absolute Gasteiger partial charge is 0.416 e. The summed E-state index contributed by atoms with van der Waals surface area (Å²) in [6.07, 6.45) is 7.21. The van der Waals surface area contributed by atoms with Crippen LogP contribution in [0.15, 0.2) is 0 Å². The molecule has 0 saturated heterocycles. The van der Waals surface area contributed by atoms with Gasteiger partial charge in [0.2, 0.25) is 0 Å². The summed E-state index contributed by atoms with van der Waals surface area (Å²) in [4.78, 5) is 0. The van der Waals surface area contributed by atoms with Gasteiger partial charge in [-0.05, 0) is 73.4 Å². The Morgan fingerprint density at radius 3 is 0.923 bits per heavy atom. The molecule has 0 aliphatic carbocycles. The number of hydrogen-bond donors (Lipinski definition) is 0. The molecular weight excluding hydrogens is 569 g/mol. The van der Waals surface area contributed by atoms with Gasteiger partial charge in [-0.3, -0.25) is 0 Å². The van der Waals surface area contributed by atoms with Gasteiger partial charge < -0.3 is 21.2 Å². The van der Waals surface area contributed by atoms with E-state index < -0.39 is 42.3 Å². The zero-order valence-electron chi connectivity index (χ0n) is 29.7. The second kappa shape index (κ2) is 14.6. The Balaban J connectivity index is 5.93. The van der Waals surface area contributed by atoms with Crippen molar-refractivity contribution >= 4 is 42.3 Å². The van der Waals surface area contributed by atoms with E-state index in [2.05, 4.69) is 108 Å². The van der Waals surface area contributed by atoms with Crippen LogP contribution in [-0.2, 0) is 21.2 Å². The fourth-order valence-corrected chi connectivity index (χ4v) is 21.6. The van der Waals surface area contributed by atoms with Gasteiger partial charge in [-0.25, -0.2) is 0 Å². The van der Waals surface area contributed by atoms with E-state index in [-0.39, 0.29) is 15.1 Å². The van der Waals surface area contributed by atoms with Crippen molar-refractivity contribution in [3.8, 4) is 0 Å². The molecule has 0 unspecified atom stereocenters. The summed E-state index contributed by atoms with van der Waals surface area (Å²) in [7, 11) is -7.75. The highest BCUT2D eigenvalue weighted by molar-refractivity contribution is 6.92. The minimum Gasteiger partial charge on any atom is -0.416 e. The Hall–Kier alpha value is 0.884. The molecule has 0 atom stereocenters. The van der Waals surface area contributed by atoms with Crippen LogP contribution < -0.4 is 0 Å². The van der Waals surface area contributed by atoms with Crippen molar-refractivity contribution in [3.05, 3.63) is 0 Å². The molecule has 236 valence electrons. The molecule has 0 bridgehead atoms. The van der Waals surface area contributed by atoms with Gasteiger partial charge in [0.05, 0.1) is 0 Å². The van der Waals surface area contributed by atoms with Crippen molar-refractivity contribution in [2.45, 2.75) is 174 Å². The first kappa shape index (κ1) is 39.9. The lowest BCUT2D eigenvalue weighted by molar-refractivity contribution is 0.227. The van der Waals surface area contributed by atoms with Gasteiger partial charge >= 0.3 is 17.4 Å². The normalized spacial score (nSPS) is 15.2. The minimum atomic E-state index is -2.98. The number of rotatable bonds is 17. The lowest BCUT2D eigenvalue weighted by Crippen LogP contribution is -2.65. The molecule has 0 amide bonds.